The van der Waals surface area contributed by atoms with Crippen LogP contribution < -0.4 is 10.4 Å². The Hall–Kier alpha value is -1.49. The molecule has 2 aromatic rings. The molecule has 0 aliphatic heterocycles. The van der Waals surface area contributed by atoms with Crippen LogP contribution in [0.15, 0.2) is 71.2 Å². The van der Waals surface area contributed by atoms with Crippen molar-refractivity contribution in [2.24, 2.45) is 0 Å². The second-order valence-electron chi connectivity index (χ2n) is 7.46. The number of hydrogen-bond donors (Lipinski definition) is 0. The summed E-state index contributed by atoms with van der Waals surface area (Å²) >= 11 is 3.36. The highest BCUT2D eigenvalue weighted by Gasteiger charge is 2.51. The Morgan fingerprint density at radius 2 is 1.44 bits per heavy atom. The number of carbonyl (C=O) groups is 1. The number of Topliss-reactive ketones (excluding diaryl/α,β-unsaturated/α-hetero) is 1. The Labute approximate surface area is 159 Å². The van der Waals surface area contributed by atoms with Gasteiger partial charge in [-0.1, -0.05) is 81.4 Å². The molecule has 1 aliphatic carbocycles. The molecule has 0 amide bonds. The highest BCUT2D eigenvalue weighted by molar-refractivity contribution is 9.12. The summed E-state index contributed by atoms with van der Waals surface area (Å²) in [5.41, 5.74) is 0. The standard InChI is InChI=1S/C21H23BrO2Si/c1-21(2,3)25(17-10-6-4-7-11-17,18-12-8-5-9-13-18)24-16-14-19(22)20(23)15-16/h4-14,16H,15H2,1-3H3/t16-/m0/s1. The van der Waals surface area contributed by atoms with Gasteiger partial charge in [0.2, 0.25) is 0 Å². The second-order valence-corrected chi connectivity index (χ2v) is 12.6. The molecule has 2 aromatic carbocycles. The van der Waals surface area contributed by atoms with Gasteiger partial charge in [0.05, 0.1) is 10.6 Å². The van der Waals surface area contributed by atoms with Crippen LogP contribution >= 0.6 is 15.9 Å². The van der Waals surface area contributed by atoms with Crippen LogP contribution in [-0.2, 0) is 9.22 Å². The number of benzene rings is 2. The monoisotopic (exact) mass is 414 g/mol. The number of carbonyl (C=O) groups excluding carboxylic acids is 1. The van der Waals surface area contributed by atoms with Gasteiger partial charge in [-0.3, -0.25) is 4.79 Å². The summed E-state index contributed by atoms with van der Waals surface area (Å²) in [5, 5.41) is 2.39. The van der Waals surface area contributed by atoms with Crippen LogP contribution in [0.3, 0.4) is 0 Å². The molecule has 0 saturated heterocycles. The lowest BCUT2D eigenvalue weighted by atomic mass is 10.2. The van der Waals surface area contributed by atoms with Gasteiger partial charge in [0.25, 0.3) is 8.32 Å². The number of allylic oxidation sites excluding steroid dienone is 1. The third-order valence-corrected chi connectivity index (χ3v) is 10.5. The number of hydrogen-bond acceptors (Lipinski definition) is 2. The number of rotatable bonds is 4. The maximum Gasteiger partial charge on any atom is 0.261 e. The largest absolute Gasteiger partial charge is 0.401 e. The first kappa shape index (κ1) is 18.3. The van der Waals surface area contributed by atoms with Crippen LogP contribution in [0.25, 0.3) is 0 Å². The Kier molecular flexibility index (Phi) is 5.14. The zero-order chi connectivity index (χ0) is 18.1. The fourth-order valence-corrected chi connectivity index (χ4v) is 8.67. The predicted octanol–water partition coefficient (Wildman–Crippen LogP) is 4.18. The Morgan fingerprint density at radius 3 is 1.80 bits per heavy atom. The lowest BCUT2D eigenvalue weighted by Gasteiger charge is -2.44. The van der Waals surface area contributed by atoms with Crippen molar-refractivity contribution in [3.8, 4) is 0 Å². The van der Waals surface area contributed by atoms with Gasteiger partial charge in [-0.25, -0.2) is 0 Å². The van der Waals surface area contributed by atoms with Crippen molar-refractivity contribution in [1.29, 1.82) is 0 Å². The average molecular weight is 415 g/mol. The van der Waals surface area contributed by atoms with Crippen LogP contribution in [0.4, 0.5) is 0 Å². The third-order valence-electron chi connectivity index (χ3n) is 4.73. The van der Waals surface area contributed by atoms with Gasteiger partial charge < -0.3 is 4.43 Å². The molecule has 1 aliphatic rings. The Morgan fingerprint density at radius 1 is 0.960 bits per heavy atom. The fraction of sp³-hybridized carbons (Fsp3) is 0.286. The third kappa shape index (κ3) is 3.43. The first-order valence-electron chi connectivity index (χ1n) is 8.54. The molecule has 25 heavy (non-hydrogen) atoms. The lowest BCUT2D eigenvalue weighted by Crippen LogP contribution is -2.67. The van der Waals surface area contributed by atoms with Gasteiger partial charge in [-0.05, 0) is 37.4 Å². The molecule has 130 valence electrons. The summed E-state index contributed by atoms with van der Waals surface area (Å²) in [6, 6.07) is 21.0. The molecule has 0 unspecified atom stereocenters. The van der Waals surface area contributed by atoms with E-state index in [-0.39, 0.29) is 16.9 Å². The van der Waals surface area contributed by atoms with E-state index in [0.29, 0.717) is 10.9 Å². The van der Waals surface area contributed by atoms with E-state index in [2.05, 4.69) is 85.2 Å². The van der Waals surface area contributed by atoms with Crippen LogP contribution in [-0.4, -0.2) is 20.2 Å². The minimum Gasteiger partial charge on any atom is -0.401 e. The van der Waals surface area contributed by atoms with Crippen LogP contribution in [0.5, 0.6) is 0 Å². The van der Waals surface area contributed by atoms with Gasteiger partial charge in [-0.15, -0.1) is 0 Å². The van der Waals surface area contributed by atoms with Crippen molar-refractivity contribution in [1.82, 2.24) is 0 Å². The average Bonchev–Trinajstić information content (AvgIpc) is 2.91. The van der Waals surface area contributed by atoms with Crippen molar-refractivity contribution < 1.29 is 9.22 Å². The highest BCUT2D eigenvalue weighted by Crippen LogP contribution is 2.39. The minimum absolute atomic E-state index is 0.0817. The molecular weight excluding hydrogens is 392 g/mol. The molecule has 0 saturated carbocycles. The van der Waals surface area contributed by atoms with E-state index >= 15 is 0 Å². The summed E-state index contributed by atoms with van der Waals surface area (Å²) in [4.78, 5) is 12.0. The van der Waals surface area contributed by atoms with Gasteiger partial charge >= 0.3 is 0 Å². The maximum absolute atomic E-state index is 12.0. The number of halogens is 1. The normalized spacial score (nSPS) is 18.3. The zero-order valence-corrected chi connectivity index (χ0v) is 17.4. The Balaban J connectivity index is 2.18. The highest BCUT2D eigenvalue weighted by atomic mass is 79.9. The van der Waals surface area contributed by atoms with E-state index in [1.807, 2.05) is 18.2 Å². The van der Waals surface area contributed by atoms with Crippen LogP contribution in [0.2, 0.25) is 5.04 Å². The molecule has 4 heteroatoms. The molecule has 0 radical (unpaired) electrons. The molecule has 3 rings (SSSR count). The number of ketones is 1. The SMILES string of the molecule is CC(C)(C)[Si](O[C@H]1C=C(Br)C(=O)C1)(c1ccccc1)c1ccccc1. The van der Waals surface area contributed by atoms with E-state index in [4.69, 9.17) is 4.43 Å². The van der Waals surface area contributed by atoms with Crippen LogP contribution in [0.1, 0.15) is 27.2 Å². The maximum atomic E-state index is 12.0. The first-order valence-corrected chi connectivity index (χ1v) is 11.2. The van der Waals surface area contributed by atoms with Gasteiger partial charge in [0, 0.05) is 6.42 Å². The van der Waals surface area contributed by atoms with Crippen molar-refractivity contribution in [3.63, 3.8) is 0 Å². The topological polar surface area (TPSA) is 26.3 Å². The smallest absolute Gasteiger partial charge is 0.261 e. The quantitative estimate of drug-likeness (QED) is 0.701. The van der Waals surface area contributed by atoms with E-state index in [9.17, 15) is 4.79 Å². The van der Waals surface area contributed by atoms with E-state index in [1.165, 1.54) is 10.4 Å². The van der Waals surface area contributed by atoms with Crippen molar-refractivity contribution >= 4 is 40.4 Å². The summed E-state index contributed by atoms with van der Waals surface area (Å²) in [6.45, 7) is 6.73. The molecule has 0 spiro atoms. The van der Waals surface area contributed by atoms with E-state index < -0.39 is 8.32 Å². The summed E-state index contributed by atoms with van der Waals surface area (Å²) in [6.07, 6.45) is 2.14. The molecule has 0 aromatic heterocycles. The lowest BCUT2D eigenvalue weighted by molar-refractivity contribution is -0.115. The summed E-state index contributed by atoms with van der Waals surface area (Å²) in [5.74, 6) is 0.114. The van der Waals surface area contributed by atoms with Crippen LogP contribution in [0, 0.1) is 0 Å². The first-order chi connectivity index (χ1) is 11.8. The molecular formula is C21H23BrO2Si. The minimum atomic E-state index is -2.59. The van der Waals surface area contributed by atoms with E-state index in [0.717, 1.165) is 0 Å². The molecule has 0 N–H and O–H groups in total. The molecule has 1 atom stereocenters. The van der Waals surface area contributed by atoms with Gasteiger partial charge in [0.15, 0.2) is 5.78 Å². The molecule has 0 fully saturated rings. The van der Waals surface area contributed by atoms with Gasteiger partial charge in [0.1, 0.15) is 0 Å². The van der Waals surface area contributed by atoms with Crippen molar-refractivity contribution in [2.75, 3.05) is 0 Å². The second kappa shape index (κ2) is 7.02. The molecule has 2 nitrogen and oxygen atoms in total. The summed E-state index contributed by atoms with van der Waals surface area (Å²) < 4.78 is 7.52. The van der Waals surface area contributed by atoms with Crippen molar-refractivity contribution in [2.45, 2.75) is 38.3 Å². The van der Waals surface area contributed by atoms with Gasteiger partial charge in [-0.2, -0.15) is 0 Å². The molecule has 0 bridgehead atoms. The zero-order valence-electron chi connectivity index (χ0n) is 14.8. The van der Waals surface area contributed by atoms with Crippen molar-refractivity contribution in [3.05, 3.63) is 71.2 Å². The predicted molar refractivity (Wildman–Crippen MR) is 109 cm³/mol. The fourth-order valence-electron chi connectivity index (χ4n) is 3.59. The Bertz CT molecular complexity index is 739. The summed E-state index contributed by atoms with van der Waals surface area (Å²) in [7, 11) is -2.59. The van der Waals surface area contributed by atoms with E-state index in [1.54, 1.807) is 0 Å². The molecule has 0 heterocycles.